The summed E-state index contributed by atoms with van der Waals surface area (Å²) in [6.45, 7) is 11.7. The molecule has 24 heavy (non-hydrogen) atoms. The molecular weight excluding hydrogens is 320 g/mol. The van der Waals surface area contributed by atoms with Crippen LogP contribution in [-0.2, 0) is 11.3 Å². The van der Waals surface area contributed by atoms with Crippen molar-refractivity contribution in [2.45, 2.75) is 46.4 Å². The molecule has 0 unspecified atom stereocenters. The van der Waals surface area contributed by atoms with Crippen LogP contribution in [0.15, 0.2) is 28.4 Å². The molecule has 1 aliphatic heterocycles. The van der Waals surface area contributed by atoms with Gasteiger partial charge >= 0.3 is 4.87 Å². The number of nitrogens with zero attached hydrogens (tertiary/aromatic N) is 2. The predicted octanol–water partition coefficient (Wildman–Crippen LogP) is 3.30. The molecule has 2 heterocycles. The van der Waals surface area contributed by atoms with Crippen LogP contribution in [0.1, 0.15) is 35.4 Å². The first kappa shape index (κ1) is 17.4. The summed E-state index contributed by atoms with van der Waals surface area (Å²) < 4.78 is 7.99. The van der Waals surface area contributed by atoms with Gasteiger partial charge in [0.15, 0.2) is 0 Å². The minimum Gasteiger partial charge on any atom is -0.371 e. The lowest BCUT2D eigenvalue weighted by atomic mass is 9.99. The Labute approximate surface area is 147 Å². The normalized spacial score (nSPS) is 22.0. The van der Waals surface area contributed by atoms with Crippen LogP contribution in [0.3, 0.4) is 0 Å². The van der Waals surface area contributed by atoms with Crippen molar-refractivity contribution in [3.63, 3.8) is 0 Å². The summed E-state index contributed by atoms with van der Waals surface area (Å²) in [5, 5.41) is 1.93. The van der Waals surface area contributed by atoms with Crippen molar-refractivity contribution in [3.05, 3.63) is 55.6 Å². The van der Waals surface area contributed by atoms with Gasteiger partial charge in [0.1, 0.15) is 0 Å². The van der Waals surface area contributed by atoms with Crippen molar-refractivity contribution in [1.82, 2.24) is 9.47 Å². The fourth-order valence-corrected chi connectivity index (χ4v) is 4.08. The van der Waals surface area contributed by atoms with Gasteiger partial charge in [-0.25, -0.2) is 0 Å². The van der Waals surface area contributed by atoms with Crippen LogP contribution in [0.25, 0.3) is 0 Å². The quantitative estimate of drug-likeness (QED) is 0.852. The number of aromatic nitrogens is 1. The third kappa shape index (κ3) is 3.63. The molecule has 2 atom stereocenters. The van der Waals surface area contributed by atoms with E-state index in [2.05, 4.69) is 43.9 Å². The smallest absolute Gasteiger partial charge is 0.307 e. The lowest BCUT2D eigenvalue weighted by Crippen LogP contribution is -2.46. The Balaban J connectivity index is 1.72. The highest BCUT2D eigenvalue weighted by Gasteiger charge is 2.28. The maximum atomic E-state index is 11.9. The fourth-order valence-electron chi connectivity index (χ4n) is 3.32. The highest BCUT2D eigenvalue weighted by atomic mass is 32.1. The Kier molecular flexibility index (Phi) is 5.23. The number of morpholine rings is 1. The van der Waals surface area contributed by atoms with E-state index in [1.165, 1.54) is 28.0 Å². The minimum atomic E-state index is 0.112. The third-order valence-electron chi connectivity index (χ3n) is 4.93. The number of aryl methyl sites for hydroxylation is 3. The second-order valence-electron chi connectivity index (χ2n) is 6.82. The van der Waals surface area contributed by atoms with Gasteiger partial charge in [-0.05, 0) is 38.8 Å². The molecule has 130 valence electrons. The molecule has 1 aromatic carbocycles. The average Bonchev–Trinajstić information content (AvgIpc) is 2.88. The Hall–Kier alpha value is -1.43. The van der Waals surface area contributed by atoms with Gasteiger partial charge in [0.05, 0.1) is 12.7 Å². The number of rotatable bonds is 4. The van der Waals surface area contributed by atoms with Crippen LogP contribution in [0.4, 0.5) is 0 Å². The zero-order chi connectivity index (χ0) is 17.3. The molecule has 1 aromatic heterocycles. The minimum absolute atomic E-state index is 0.112. The van der Waals surface area contributed by atoms with Crippen LogP contribution in [0.2, 0.25) is 0 Å². The number of ether oxygens (including phenoxy) is 1. The van der Waals surface area contributed by atoms with E-state index in [0.29, 0.717) is 6.04 Å². The van der Waals surface area contributed by atoms with Gasteiger partial charge in [-0.3, -0.25) is 9.69 Å². The van der Waals surface area contributed by atoms with E-state index in [1.807, 2.05) is 16.9 Å². The summed E-state index contributed by atoms with van der Waals surface area (Å²) in [7, 11) is 0. The van der Waals surface area contributed by atoms with Crippen LogP contribution in [-0.4, -0.2) is 35.2 Å². The predicted molar refractivity (Wildman–Crippen MR) is 99.0 cm³/mol. The van der Waals surface area contributed by atoms with Crippen LogP contribution in [0, 0.1) is 20.8 Å². The molecule has 1 aliphatic rings. The fraction of sp³-hybridized carbons (Fsp3) is 0.526. The molecule has 5 heteroatoms. The summed E-state index contributed by atoms with van der Waals surface area (Å²) in [6.07, 6.45) is 0.112. The van der Waals surface area contributed by atoms with E-state index in [9.17, 15) is 4.79 Å². The van der Waals surface area contributed by atoms with Crippen molar-refractivity contribution in [1.29, 1.82) is 0 Å². The Morgan fingerprint density at radius 1 is 1.25 bits per heavy atom. The second kappa shape index (κ2) is 7.21. The maximum Gasteiger partial charge on any atom is 0.307 e. The van der Waals surface area contributed by atoms with Crippen LogP contribution >= 0.6 is 11.3 Å². The highest BCUT2D eigenvalue weighted by molar-refractivity contribution is 7.07. The molecule has 2 aromatic rings. The zero-order valence-corrected chi connectivity index (χ0v) is 15.7. The molecule has 1 saturated heterocycles. The van der Waals surface area contributed by atoms with E-state index in [4.69, 9.17) is 4.74 Å². The second-order valence-corrected chi connectivity index (χ2v) is 7.64. The van der Waals surface area contributed by atoms with Crippen molar-refractivity contribution >= 4 is 11.3 Å². The van der Waals surface area contributed by atoms with Gasteiger partial charge in [0, 0.05) is 36.8 Å². The van der Waals surface area contributed by atoms with E-state index < -0.39 is 0 Å². The largest absolute Gasteiger partial charge is 0.371 e. The van der Waals surface area contributed by atoms with E-state index >= 15 is 0 Å². The SMILES string of the molecule is Cc1ccc(C)c([C@@H]2CN(CCn3c(C)csc3=O)[C@H](C)CO2)c1. The van der Waals surface area contributed by atoms with Gasteiger partial charge < -0.3 is 9.30 Å². The summed E-state index contributed by atoms with van der Waals surface area (Å²) in [4.78, 5) is 14.5. The van der Waals surface area contributed by atoms with Gasteiger partial charge in [-0.1, -0.05) is 35.1 Å². The van der Waals surface area contributed by atoms with Gasteiger partial charge in [0.2, 0.25) is 0 Å². The Bertz CT molecular complexity index is 765. The lowest BCUT2D eigenvalue weighted by molar-refractivity contribution is -0.0611. The first-order valence-corrected chi connectivity index (χ1v) is 9.41. The van der Waals surface area contributed by atoms with E-state index in [-0.39, 0.29) is 11.0 Å². The van der Waals surface area contributed by atoms with Crippen molar-refractivity contribution < 1.29 is 4.74 Å². The molecule has 4 nitrogen and oxygen atoms in total. The summed E-state index contributed by atoms with van der Waals surface area (Å²) >= 11 is 1.28. The molecule has 0 amide bonds. The molecule has 0 spiro atoms. The molecule has 0 bridgehead atoms. The molecule has 1 fully saturated rings. The van der Waals surface area contributed by atoms with Crippen molar-refractivity contribution in [2.75, 3.05) is 19.7 Å². The van der Waals surface area contributed by atoms with E-state index in [1.54, 1.807) is 0 Å². The summed E-state index contributed by atoms with van der Waals surface area (Å²) in [6, 6.07) is 6.93. The molecular formula is C19H26N2O2S. The lowest BCUT2D eigenvalue weighted by Gasteiger charge is -2.38. The number of hydrogen-bond acceptors (Lipinski definition) is 4. The van der Waals surface area contributed by atoms with Crippen molar-refractivity contribution in [3.8, 4) is 0 Å². The third-order valence-corrected chi connectivity index (χ3v) is 5.81. The van der Waals surface area contributed by atoms with Gasteiger partial charge in [-0.15, -0.1) is 0 Å². The molecule has 0 aliphatic carbocycles. The first-order valence-electron chi connectivity index (χ1n) is 8.53. The van der Waals surface area contributed by atoms with Gasteiger partial charge in [-0.2, -0.15) is 0 Å². The topological polar surface area (TPSA) is 34.5 Å². The van der Waals surface area contributed by atoms with E-state index in [0.717, 1.165) is 31.9 Å². The average molecular weight is 346 g/mol. The number of hydrogen-bond donors (Lipinski definition) is 0. The van der Waals surface area contributed by atoms with Gasteiger partial charge in [0.25, 0.3) is 0 Å². The zero-order valence-electron chi connectivity index (χ0n) is 14.9. The summed E-state index contributed by atoms with van der Waals surface area (Å²) in [5.74, 6) is 0. The molecule has 0 N–H and O–H groups in total. The molecule has 3 rings (SSSR count). The van der Waals surface area contributed by atoms with Crippen molar-refractivity contribution in [2.24, 2.45) is 0 Å². The maximum absolute atomic E-state index is 11.9. The molecule has 0 saturated carbocycles. The van der Waals surface area contributed by atoms with Crippen LogP contribution in [0.5, 0.6) is 0 Å². The monoisotopic (exact) mass is 346 g/mol. The standard InChI is InChI=1S/C19H26N2O2S/c1-13-5-6-14(2)17(9-13)18-10-20(15(3)11-23-18)7-8-21-16(4)12-24-19(21)22/h5-6,9,12,15,18H,7-8,10-11H2,1-4H3/t15-,18+/m1/s1. The molecule has 0 radical (unpaired) electrons. The summed E-state index contributed by atoms with van der Waals surface area (Å²) in [5.41, 5.74) is 4.89. The van der Waals surface area contributed by atoms with Crippen LogP contribution < -0.4 is 4.87 Å². The first-order chi connectivity index (χ1) is 11.5. The Morgan fingerprint density at radius 3 is 2.75 bits per heavy atom. The highest BCUT2D eigenvalue weighted by Crippen LogP contribution is 2.28. The number of benzene rings is 1. The number of thiazole rings is 1. The Morgan fingerprint density at radius 2 is 2.04 bits per heavy atom.